The molecule has 0 N–H and O–H groups in total. The highest BCUT2D eigenvalue weighted by atomic mass is 32.1. The molecule has 0 fully saturated rings. The van der Waals surface area contributed by atoms with Crippen molar-refractivity contribution in [1.82, 2.24) is 9.80 Å². The summed E-state index contributed by atoms with van der Waals surface area (Å²) in [7, 11) is 3.21. The van der Waals surface area contributed by atoms with E-state index in [1.807, 2.05) is 41.8 Å². The minimum atomic E-state index is -0.321. The van der Waals surface area contributed by atoms with Crippen LogP contribution in [0.15, 0.2) is 66.0 Å². The number of hydrogen-bond donors (Lipinski definition) is 0. The number of carbonyl (C=O) groups is 2. The lowest BCUT2D eigenvalue weighted by molar-refractivity contribution is -0.141. The molecule has 0 aliphatic carbocycles. The number of nitrogens with zero attached hydrogens (tertiary/aromatic N) is 2. The molecule has 0 atom stereocenters. The van der Waals surface area contributed by atoms with Crippen molar-refractivity contribution >= 4 is 23.2 Å². The van der Waals surface area contributed by atoms with E-state index in [2.05, 4.69) is 0 Å². The molecular formula is C27H31FN2O4S. The van der Waals surface area contributed by atoms with Crippen molar-refractivity contribution in [2.24, 2.45) is 0 Å². The van der Waals surface area contributed by atoms with Crippen LogP contribution < -0.4 is 4.74 Å². The first kappa shape index (κ1) is 26.4. The maximum absolute atomic E-state index is 13.4. The molecule has 0 spiro atoms. The second kappa shape index (κ2) is 13.6. The van der Waals surface area contributed by atoms with Gasteiger partial charge in [-0.2, -0.15) is 0 Å². The number of ether oxygens (including phenoxy) is 2. The number of amides is 2. The van der Waals surface area contributed by atoms with Gasteiger partial charge in [-0.1, -0.05) is 30.3 Å². The third-order valence-electron chi connectivity index (χ3n) is 5.54. The SMILES string of the molecule is COCCCN(CC(=O)N(Cc1ccc(F)cc1)Cc1cccs1)C(=O)Cc1ccc(OC)cc1. The van der Waals surface area contributed by atoms with Crippen LogP contribution in [0.1, 0.15) is 22.4 Å². The fraction of sp³-hybridized carbons (Fsp3) is 0.333. The Morgan fingerprint density at radius 2 is 1.60 bits per heavy atom. The minimum Gasteiger partial charge on any atom is -0.497 e. The fourth-order valence-electron chi connectivity index (χ4n) is 3.62. The first-order chi connectivity index (χ1) is 17.0. The molecule has 0 aliphatic rings. The largest absolute Gasteiger partial charge is 0.497 e. The summed E-state index contributed by atoms with van der Waals surface area (Å²) in [6, 6.07) is 17.4. The van der Waals surface area contributed by atoms with Crippen molar-refractivity contribution in [1.29, 1.82) is 0 Å². The van der Waals surface area contributed by atoms with Crippen molar-refractivity contribution < 1.29 is 23.5 Å². The number of carbonyl (C=O) groups excluding carboxylic acids is 2. The Labute approximate surface area is 209 Å². The van der Waals surface area contributed by atoms with Crippen LogP contribution in [0.2, 0.25) is 0 Å². The van der Waals surface area contributed by atoms with E-state index < -0.39 is 0 Å². The van der Waals surface area contributed by atoms with Gasteiger partial charge in [0, 0.05) is 31.7 Å². The highest BCUT2D eigenvalue weighted by Gasteiger charge is 2.22. The molecule has 8 heteroatoms. The molecule has 3 rings (SSSR count). The molecule has 0 saturated carbocycles. The lowest BCUT2D eigenvalue weighted by atomic mass is 10.1. The van der Waals surface area contributed by atoms with Crippen molar-refractivity contribution in [2.45, 2.75) is 25.9 Å². The smallest absolute Gasteiger partial charge is 0.242 e. The topological polar surface area (TPSA) is 59.1 Å². The van der Waals surface area contributed by atoms with Gasteiger partial charge in [-0.15, -0.1) is 11.3 Å². The Bertz CT molecular complexity index is 1060. The number of thiophene rings is 1. The molecule has 0 unspecified atom stereocenters. The number of hydrogen-bond acceptors (Lipinski definition) is 5. The quantitative estimate of drug-likeness (QED) is 0.325. The number of benzene rings is 2. The van der Waals surface area contributed by atoms with E-state index in [1.54, 1.807) is 47.5 Å². The van der Waals surface area contributed by atoms with Crippen LogP contribution in [-0.4, -0.2) is 55.5 Å². The average Bonchev–Trinajstić information content (AvgIpc) is 3.38. The zero-order valence-corrected chi connectivity index (χ0v) is 20.9. The molecule has 1 aromatic heterocycles. The Kier molecular flexibility index (Phi) is 10.3. The van der Waals surface area contributed by atoms with Crippen LogP contribution in [0.5, 0.6) is 5.75 Å². The monoisotopic (exact) mass is 498 g/mol. The van der Waals surface area contributed by atoms with E-state index in [0.717, 1.165) is 21.8 Å². The normalized spacial score (nSPS) is 10.7. The summed E-state index contributed by atoms with van der Waals surface area (Å²) < 4.78 is 23.7. The zero-order chi connectivity index (χ0) is 25.0. The van der Waals surface area contributed by atoms with Crippen LogP contribution in [0.3, 0.4) is 0 Å². The molecule has 2 aromatic carbocycles. The van der Waals surface area contributed by atoms with Crippen molar-refractivity contribution in [3.8, 4) is 5.75 Å². The van der Waals surface area contributed by atoms with E-state index in [0.29, 0.717) is 32.7 Å². The van der Waals surface area contributed by atoms with Gasteiger partial charge < -0.3 is 19.3 Å². The van der Waals surface area contributed by atoms with Gasteiger partial charge in [0.15, 0.2) is 0 Å². The molecule has 186 valence electrons. The van der Waals surface area contributed by atoms with E-state index in [-0.39, 0.29) is 30.6 Å². The predicted molar refractivity (Wildman–Crippen MR) is 135 cm³/mol. The standard InChI is InChI=1S/C27H31FN2O4S/c1-33-15-4-14-29(26(31)17-21-8-12-24(34-2)13-9-21)20-27(32)30(19-25-5-3-16-35-25)18-22-6-10-23(28)11-7-22/h3,5-13,16H,4,14-15,17-20H2,1-2H3. The van der Waals surface area contributed by atoms with Gasteiger partial charge in [0.1, 0.15) is 11.6 Å². The molecule has 0 aliphatic heterocycles. The Hall–Kier alpha value is -3.23. The lowest BCUT2D eigenvalue weighted by Crippen LogP contribution is -2.43. The van der Waals surface area contributed by atoms with Gasteiger partial charge in [0.05, 0.1) is 26.6 Å². The number of rotatable bonds is 13. The molecule has 35 heavy (non-hydrogen) atoms. The molecule has 0 bridgehead atoms. The Morgan fingerprint density at radius 3 is 2.23 bits per heavy atom. The van der Waals surface area contributed by atoms with Gasteiger partial charge in [-0.05, 0) is 53.3 Å². The molecule has 2 amide bonds. The zero-order valence-electron chi connectivity index (χ0n) is 20.1. The van der Waals surface area contributed by atoms with Crippen LogP contribution in [0.25, 0.3) is 0 Å². The molecule has 3 aromatic rings. The van der Waals surface area contributed by atoms with Crippen molar-refractivity contribution in [2.75, 3.05) is 33.9 Å². The summed E-state index contributed by atoms with van der Waals surface area (Å²) in [6.45, 7) is 1.63. The molecule has 1 heterocycles. The third kappa shape index (κ3) is 8.49. The van der Waals surface area contributed by atoms with Gasteiger partial charge in [-0.25, -0.2) is 4.39 Å². The van der Waals surface area contributed by atoms with E-state index in [9.17, 15) is 14.0 Å². The van der Waals surface area contributed by atoms with Crippen molar-refractivity contribution in [3.05, 3.63) is 87.9 Å². The highest BCUT2D eigenvalue weighted by Crippen LogP contribution is 2.17. The maximum Gasteiger partial charge on any atom is 0.242 e. The average molecular weight is 499 g/mol. The van der Waals surface area contributed by atoms with Crippen LogP contribution in [0, 0.1) is 5.82 Å². The van der Waals surface area contributed by atoms with Crippen molar-refractivity contribution in [3.63, 3.8) is 0 Å². The predicted octanol–water partition coefficient (Wildman–Crippen LogP) is 4.53. The summed E-state index contributed by atoms with van der Waals surface area (Å²) in [4.78, 5) is 31.0. The van der Waals surface area contributed by atoms with E-state index >= 15 is 0 Å². The van der Waals surface area contributed by atoms with Crippen LogP contribution in [-0.2, 0) is 33.8 Å². The second-order valence-corrected chi connectivity index (χ2v) is 9.17. The summed E-state index contributed by atoms with van der Waals surface area (Å²) in [5.41, 5.74) is 1.67. The minimum absolute atomic E-state index is 0.0364. The highest BCUT2D eigenvalue weighted by molar-refractivity contribution is 7.09. The fourth-order valence-corrected chi connectivity index (χ4v) is 4.34. The maximum atomic E-state index is 13.4. The van der Waals surface area contributed by atoms with Gasteiger partial charge >= 0.3 is 0 Å². The summed E-state index contributed by atoms with van der Waals surface area (Å²) >= 11 is 1.57. The lowest BCUT2D eigenvalue weighted by Gasteiger charge is -2.28. The first-order valence-corrected chi connectivity index (χ1v) is 12.3. The number of methoxy groups -OCH3 is 2. The molecular weight excluding hydrogens is 467 g/mol. The number of halogens is 1. The summed E-state index contributed by atoms with van der Waals surface area (Å²) in [5.74, 6) is 0.109. The third-order valence-corrected chi connectivity index (χ3v) is 6.40. The molecule has 6 nitrogen and oxygen atoms in total. The second-order valence-electron chi connectivity index (χ2n) is 8.14. The Morgan fingerprint density at radius 1 is 0.886 bits per heavy atom. The van der Waals surface area contributed by atoms with Gasteiger partial charge in [0.2, 0.25) is 11.8 Å². The van der Waals surface area contributed by atoms with Gasteiger partial charge in [0.25, 0.3) is 0 Å². The molecule has 0 saturated heterocycles. The summed E-state index contributed by atoms with van der Waals surface area (Å²) in [6.07, 6.45) is 0.814. The summed E-state index contributed by atoms with van der Waals surface area (Å²) in [5, 5.41) is 1.96. The van der Waals surface area contributed by atoms with Crippen LogP contribution >= 0.6 is 11.3 Å². The van der Waals surface area contributed by atoms with E-state index in [4.69, 9.17) is 9.47 Å². The Balaban J connectivity index is 1.73. The van der Waals surface area contributed by atoms with Gasteiger partial charge in [-0.3, -0.25) is 9.59 Å². The van der Waals surface area contributed by atoms with Crippen LogP contribution in [0.4, 0.5) is 4.39 Å². The first-order valence-electron chi connectivity index (χ1n) is 11.4. The molecule has 0 radical (unpaired) electrons. The van der Waals surface area contributed by atoms with E-state index in [1.165, 1.54) is 12.1 Å².